The van der Waals surface area contributed by atoms with Crippen LogP contribution in [0, 0.1) is 12.7 Å². The van der Waals surface area contributed by atoms with Crippen LogP contribution in [0.25, 0.3) is 0 Å². The summed E-state index contributed by atoms with van der Waals surface area (Å²) in [6.45, 7) is 2.21. The Bertz CT molecular complexity index is 934. The van der Waals surface area contributed by atoms with Gasteiger partial charge in [0.1, 0.15) is 11.6 Å². The molecular formula is C20H18FNO3S. The predicted octanol–water partition coefficient (Wildman–Crippen LogP) is 3.96. The van der Waals surface area contributed by atoms with Gasteiger partial charge in [0.15, 0.2) is 5.76 Å². The van der Waals surface area contributed by atoms with Gasteiger partial charge in [0, 0.05) is 11.4 Å². The Labute approximate surface area is 153 Å². The number of carbonyl (C=O) groups excluding carboxylic acids is 1. The lowest BCUT2D eigenvalue weighted by molar-refractivity contribution is 0.0921. The monoisotopic (exact) mass is 371 g/mol. The molecule has 6 heteroatoms. The van der Waals surface area contributed by atoms with Crippen LogP contribution in [-0.2, 0) is 23.1 Å². The van der Waals surface area contributed by atoms with E-state index in [1.165, 1.54) is 12.1 Å². The van der Waals surface area contributed by atoms with Gasteiger partial charge in [-0.25, -0.2) is 4.39 Å². The molecule has 0 unspecified atom stereocenters. The Hall–Kier alpha value is -2.73. The number of hydrogen-bond acceptors (Lipinski definition) is 3. The first-order valence-electron chi connectivity index (χ1n) is 8.07. The molecule has 1 atom stereocenters. The largest absolute Gasteiger partial charge is 0.455 e. The van der Waals surface area contributed by atoms with Crippen molar-refractivity contribution in [2.45, 2.75) is 24.1 Å². The molecule has 26 heavy (non-hydrogen) atoms. The van der Waals surface area contributed by atoms with Gasteiger partial charge in [-0.3, -0.25) is 9.00 Å². The summed E-state index contributed by atoms with van der Waals surface area (Å²) in [5, 5.41) is 2.71. The summed E-state index contributed by atoms with van der Waals surface area (Å²) in [7, 11) is -1.24. The Morgan fingerprint density at radius 1 is 1.12 bits per heavy atom. The van der Waals surface area contributed by atoms with Gasteiger partial charge in [0.25, 0.3) is 5.91 Å². The average Bonchev–Trinajstić information content (AvgIpc) is 3.09. The van der Waals surface area contributed by atoms with Gasteiger partial charge < -0.3 is 9.73 Å². The van der Waals surface area contributed by atoms with E-state index in [0.29, 0.717) is 5.76 Å². The SMILES string of the molecule is Cc1cccc([S@@](=O)Cc2ccc(C(=O)NCc3ccc(F)cc3)o2)c1. The molecule has 0 aliphatic rings. The minimum absolute atomic E-state index is 0.156. The molecule has 0 saturated carbocycles. The molecule has 0 aliphatic carbocycles. The zero-order valence-electron chi connectivity index (χ0n) is 14.2. The first-order chi connectivity index (χ1) is 12.5. The minimum Gasteiger partial charge on any atom is -0.455 e. The lowest BCUT2D eigenvalue weighted by Crippen LogP contribution is -2.22. The first kappa shape index (κ1) is 18.1. The van der Waals surface area contributed by atoms with E-state index in [1.807, 2.05) is 31.2 Å². The molecule has 1 N–H and O–H groups in total. The number of hydrogen-bond donors (Lipinski definition) is 1. The summed E-state index contributed by atoms with van der Waals surface area (Å²) in [6, 6.07) is 16.6. The van der Waals surface area contributed by atoms with E-state index in [-0.39, 0.29) is 29.8 Å². The molecule has 4 nitrogen and oxygen atoms in total. The molecule has 1 amide bonds. The number of amides is 1. The van der Waals surface area contributed by atoms with Gasteiger partial charge in [0.2, 0.25) is 0 Å². The Kier molecular flexibility index (Phi) is 5.63. The van der Waals surface area contributed by atoms with Crippen LogP contribution in [0.4, 0.5) is 4.39 Å². The lowest BCUT2D eigenvalue weighted by Gasteiger charge is -2.04. The second kappa shape index (κ2) is 8.10. The summed E-state index contributed by atoms with van der Waals surface area (Å²) in [4.78, 5) is 12.9. The number of halogens is 1. The van der Waals surface area contributed by atoms with Crippen molar-refractivity contribution < 1.29 is 17.8 Å². The fraction of sp³-hybridized carbons (Fsp3) is 0.150. The standard InChI is InChI=1S/C20H18FNO3S/c1-14-3-2-4-18(11-14)26(24)13-17-9-10-19(25-17)20(23)22-12-15-5-7-16(21)8-6-15/h2-11H,12-13H2,1H3,(H,22,23)/t26-/m0/s1. The van der Waals surface area contributed by atoms with E-state index in [2.05, 4.69) is 5.32 Å². The van der Waals surface area contributed by atoms with Gasteiger partial charge in [0.05, 0.1) is 16.6 Å². The predicted molar refractivity (Wildman–Crippen MR) is 97.6 cm³/mol. The molecule has 2 aromatic carbocycles. The summed E-state index contributed by atoms with van der Waals surface area (Å²) >= 11 is 0. The first-order valence-corrected chi connectivity index (χ1v) is 9.39. The van der Waals surface area contributed by atoms with Crippen molar-refractivity contribution in [3.05, 3.63) is 89.1 Å². The maximum Gasteiger partial charge on any atom is 0.287 e. The zero-order valence-corrected chi connectivity index (χ0v) is 15.0. The van der Waals surface area contributed by atoms with Crippen molar-refractivity contribution in [2.75, 3.05) is 0 Å². The number of benzene rings is 2. The van der Waals surface area contributed by atoms with Crippen molar-refractivity contribution in [3.8, 4) is 0 Å². The third kappa shape index (κ3) is 4.67. The maximum absolute atomic E-state index is 12.9. The van der Waals surface area contributed by atoms with Crippen LogP contribution in [-0.4, -0.2) is 10.1 Å². The smallest absolute Gasteiger partial charge is 0.287 e. The Balaban J connectivity index is 1.59. The Morgan fingerprint density at radius 3 is 2.62 bits per heavy atom. The summed E-state index contributed by atoms with van der Waals surface area (Å²) in [5.74, 6) is 0.147. The molecule has 1 heterocycles. The molecule has 0 spiro atoms. The number of carbonyl (C=O) groups is 1. The summed E-state index contributed by atoms with van der Waals surface area (Å²) < 4.78 is 30.8. The molecule has 3 rings (SSSR count). The van der Waals surface area contributed by atoms with E-state index >= 15 is 0 Å². The van der Waals surface area contributed by atoms with E-state index < -0.39 is 10.8 Å². The third-order valence-corrected chi connectivity index (χ3v) is 5.10. The van der Waals surface area contributed by atoms with E-state index in [9.17, 15) is 13.4 Å². The normalized spacial score (nSPS) is 11.9. The highest BCUT2D eigenvalue weighted by molar-refractivity contribution is 7.84. The van der Waals surface area contributed by atoms with Gasteiger partial charge in [-0.05, 0) is 54.4 Å². The van der Waals surface area contributed by atoms with Gasteiger partial charge in [-0.15, -0.1) is 0 Å². The van der Waals surface area contributed by atoms with Crippen LogP contribution in [0.1, 0.15) is 27.4 Å². The van der Waals surface area contributed by atoms with Crippen LogP contribution in [0.2, 0.25) is 0 Å². The summed E-state index contributed by atoms with van der Waals surface area (Å²) in [5.41, 5.74) is 1.82. The van der Waals surface area contributed by atoms with E-state index in [1.54, 1.807) is 24.3 Å². The molecule has 0 saturated heterocycles. The average molecular weight is 371 g/mol. The van der Waals surface area contributed by atoms with Crippen molar-refractivity contribution in [1.82, 2.24) is 5.32 Å². The second-order valence-electron chi connectivity index (χ2n) is 5.88. The molecular weight excluding hydrogens is 353 g/mol. The van der Waals surface area contributed by atoms with Crippen LogP contribution < -0.4 is 5.32 Å². The fourth-order valence-electron chi connectivity index (χ4n) is 2.42. The van der Waals surface area contributed by atoms with Crippen LogP contribution >= 0.6 is 0 Å². The lowest BCUT2D eigenvalue weighted by atomic mass is 10.2. The van der Waals surface area contributed by atoms with Crippen molar-refractivity contribution in [3.63, 3.8) is 0 Å². The maximum atomic E-state index is 12.9. The number of rotatable bonds is 6. The van der Waals surface area contributed by atoms with Gasteiger partial charge in [-0.1, -0.05) is 24.3 Å². The third-order valence-electron chi connectivity index (χ3n) is 3.78. The molecule has 0 fully saturated rings. The van der Waals surface area contributed by atoms with Gasteiger partial charge in [-0.2, -0.15) is 0 Å². The van der Waals surface area contributed by atoms with Crippen molar-refractivity contribution in [1.29, 1.82) is 0 Å². The summed E-state index contributed by atoms with van der Waals surface area (Å²) in [6.07, 6.45) is 0. The molecule has 3 aromatic rings. The minimum atomic E-state index is -1.24. The van der Waals surface area contributed by atoms with Crippen molar-refractivity contribution >= 4 is 16.7 Å². The highest BCUT2D eigenvalue weighted by Crippen LogP contribution is 2.16. The zero-order chi connectivity index (χ0) is 18.5. The van der Waals surface area contributed by atoms with Crippen LogP contribution in [0.3, 0.4) is 0 Å². The number of furan rings is 1. The highest BCUT2D eigenvalue weighted by atomic mass is 32.2. The topological polar surface area (TPSA) is 59.3 Å². The number of aryl methyl sites for hydroxylation is 1. The quantitative estimate of drug-likeness (QED) is 0.713. The number of nitrogens with one attached hydrogen (secondary N) is 1. The van der Waals surface area contributed by atoms with E-state index in [4.69, 9.17) is 4.42 Å². The molecule has 0 radical (unpaired) electrons. The fourth-order valence-corrected chi connectivity index (χ4v) is 3.55. The van der Waals surface area contributed by atoms with Gasteiger partial charge >= 0.3 is 0 Å². The van der Waals surface area contributed by atoms with Crippen LogP contribution in [0.15, 0.2) is 70.0 Å². The Morgan fingerprint density at radius 2 is 1.88 bits per heavy atom. The molecule has 134 valence electrons. The highest BCUT2D eigenvalue weighted by Gasteiger charge is 2.13. The van der Waals surface area contributed by atoms with Crippen LogP contribution in [0.5, 0.6) is 0 Å². The van der Waals surface area contributed by atoms with E-state index in [0.717, 1.165) is 16.0 Å². The molecule has 0 aliphatic heterocycles. The molecule has 0 bridgehead atoms. The second-order valence-corrected chi connectivity index (χ2v) is 7.33. The molecule has 1 aromatic heterocycles. The van der Waals surface area contributed by atoms with Crippen molar-refractivity contribution in [2.24, 2.45) is 0 Å².